The number of carbonyl (C=O) groups is 1. The first-order valence-electron chi connectivity index (χ1n) is 9.37. The molecule has 154 valence electrons. The Hall–Kier alpha value is -4.25. The molecular formula is C23H16F2N4O2. The minimum atomic E-state index is -1.04. The highest BCUT2D eigenvalue weighted by molar-refractivity contribution is 5.97. The lowest BCUT2D eigenvalue weighted by atomic mass is 10.1. The van der Waals surface area contributed by atoms with Crippen LogP contribution in [0.4, 0.5) is 20.2 Å². The maximum Gasteiger partial charge on any atom is 0.246 e. The van der Waals surface area contributed by atoms with Gasteiger partial charge in [0.25, 0.3) is 0 Å². The van der Waals surface area contributed by atoms with Gasteiger partial charge in [0.2, 0.25) is 11.8 Å². The predicted molar refractivity (Wildman–Crippen MR) is 112 cm³/mol. The molecule has 6 nitrogen and oxygen atoms in total. The lowest BCUT2D eigenvalue weighted by Crippen LogP contribution is -2.32. The number of hydrogen-bond acceptors (Lipinski definition) is 5. The van der Waals surface area contributed by atoms with Crippen molar-refractivity contribution in [1.29, 1.82) is 5.26 Å². The number of rotatable bonds is 5. The van der Waals surface area contributed by atoms with E-state index in [1.807, 2.05) is 0 Å². The van der Waals surface area contributed by atoms with Crippen molar-refractivity contribution >= 4 is 28.4 Å². The Balaban J connectivity index is 1.49. The molecule has 0 spiro atoms. The van der Waals surface area contributed by atoms with Gasteiger partial charge in [-0.1, -0.05) is 6.07 Å². The number of amides is 1. The summed E-state index contributed by atoms with van der Waals surface area (Å²) in [6, 6.07) is 16.8. The highest BCUT2D eigenvalue weighted by atomic mass is 19.2. The zero-order valence-corrected chi connectivity index (χ0v) is 16.3. The number of hydrogen-bond donors (Lipinski definition) is 2. The largest absolute Gasteiger partial charge is 0.436 e. The van der Waals surface area contributed by atoms with E-state index in [1.54, 1.807) is 42.5 Å². The molecule has 0 unspecified atom stereocenters. The summed E-state index contributed by atoms with van der Waals surface area (Å²) in [6.45, 7) is 1.54. The summed E-state index contributed by atoms with van der Waals surface area (Å²) in [5.41, 5.74) is 2.70. The second kappa shape index (κ2) is 8.24. The Morgan fingerprint density at radius 2 is 1.90 bits per heavy atom. The van der Waals surface area contributed by atoms with Gasteiger partial charge in [0.1, 0.15) is 11.6 Å². The molecule has 1 atom stereocenters. The fourth-order valence-electron chi connectivity index (χ4n) is 2.98. The minimum absolute atomic E-state index is 0.0957. The Morgan fingerprint density at radius 1 is 1.13 bits per heavy atom. The third-order valence-electron chi connectivity index (χ3n) is 4.63. The van der Waals surface area contributed by atoms with Crippen LogP contribution in [0.2, 0.25) is 0 Å². The molecule has 4 aromatic rings. The number of benzene rings is 3. The van der Waals surface area contributed by atoms with E-state index in [4.69, 9.17) is 9.68 Å². The summed E-state index contributed by atoms with van der Waals surface area (Å²) in [6.07, 6.45) is 0. The number of nitriles is 1. The van der Waals surface area contributed by atoms with Crippen LogP contribution in [0, 0.1) is 23.0 Å². The van der Waals surface area contributed by atoms with Crippen molar-refractivity contribution in [3.63, 3.8) is 0 Å². The molecule has 0 aliphatic carbocycles. The van der Waals surface area contributed by atoms with Crippen LogP contribution in [0.25, 0.3) is 22.6 Å². The number of fused-ring (bicyclic) bond motifs is 1. The van der Waals surface area contributed by atoms with Crippen LogP contribution in [0.5, 0.6) is 0 Å². The Bertz CT molecular complexity index is 1310. The topological polar surface area (TPSA) is 91.0 Å². The van der Waals surface area contributed by atoms with Gasteiger partial charge in [-0.15, -0.1) is 0 Å². The van der Waals surface area contributed by atoms with Gasteiger partial charge in [0.15, 0.2) is 17.2 Å². The molecular weight excluding hydrogens is 402 g/mol. The van der Waals surface area contributed by atoms with Gasteiger partial charge in [0, 0.05) is 11.3 Å². The van der Waals surface area contributed by atoms with Gasteiger partial charge in [-0.25, -0.2) is 13.8 Å². The molecule has 0 saturated heterocycles. The SMILES string of the molecule is C[C@H](Nc1cccc(F)c1F)C(=O)Nc1ccc2oc(-c3ccc(C#N)cc3)nc2c1. The molecule has 3 aromatic carbocycles. The number of carbonyl (C=O) groups excluding carboxylic acids is 1. The fourth-order valence-corrected chi connectivity index (χ4v) is 2.98. The summed E-state index contributed by atoms with van der Waals surface area (Å²) in [5, 5.41) is 14.3. The molecule has 0 aliphatic rings. The molecule has 1 heterocycles. The van der Waals surface area contributed by atoms with Crippen LogP contribution in [-0.4, -0.2) is 16.9 Å². The summed E-state index contributed by atoms with van der Waals surface area (Å²) in [7, 11) is 0. The van der Waals surface area contributed by atoms with Crippen LogP contribution < -0.4 is 10.6 Å². The van der Waals surface area contributed by atoms with Crippen molar-refractivity contribution in [3.05, 3.63) is 77.9 Å². The van der Waals surface area contributed by atoms with E-state index >= 15 is 0 Å². The highest BCUT2D eigenvalue weighted by Gasteiger charge is 2.17. The number of nitrogens with one attached hydrogen (secondary N) is 2. The van der Waals surface area contributed by atoms with Crippen LogP contribution in [0.15, 0.2) is 65.1 Å². The first-order valence-corrected chi connectivity index (χ1v) is 9.37. The molecule has 2 N–H and O–H groups in total. The number of aromatic nitrogens is 1. The second-order valence-electron chi connectivity index (χ2n) is 6.85. The monoisotopic (exact) mass is 418 g/mol. The Morgan fingerprint density at radius 3 is 2.65 bits per heavy atom. The standard InChI is InChI=1S/C23H16F2N4O2/c1-13(27-18-4-2-3-17(24)21(18)25)22(30)28-16-9-10-20-19(11-16)29-23(31-20)15-7-5-14(12-26)6-8-15/h2-11,13,27H,1H3,(H,28,30)/t13-/m0/s1. The average molecular weight is 418 g/mol. The van der Waals surface area contributed by atoms with Crippen molar-refractivity contribution in [2.24, 2.45) is 0 Å². The smallest absolute Gasteiger partial charge is 0.246 e. The lowest BCUT2D eigenvalue weighted by Gasteiger charge is -2.16. The Labute approximate surface area is 176 Å². The zero-order valence-electron chi connectivity index (χ0n) is 16.3. The van der Waals surface area contributed by atoms with E-state index in [9.17, 15) is 13.6 Å². The first-order chi connectivity index (χ1) is 14.9. The summed E-state index contributed by atoms with van der Waals surface area (Å²) >= 11 is 0. The first kappa shape index (κ1) is 20.0. The van der Waals surface area contributed by atoms with Gasteiger partial charge in [-0.3, -0.25) is 4.79 Å². The van der Waals surface area contributed by atoms with E-state index in [-0.39, 0.29) is 5.69 Å². The normalized spacial score (nSPS) is 11.7. The maximum absolute atomic E-state index is 13.8. The number of oxazole rings is 1. The molecule has 4 rings (SSSR count). The minimum Gasteiger partial charge on any atom is -0.436 e. The second-order valence-corrected chi connectivity index (χ2v) is 6.85. The van der Waals surface area contributed by atoms with Gasteiger partial charge in [0.05, 0.1) is 17.3 Å². The number of halogens is 2. The molecule has 31 heavy (non-hydrogen) atoms. The highest BCUT2D eigenvalue weighted by Crippen LogP contribution is 2.26. The molecule has 0 fully saturated rings. The van der Waals surface area contributed by atoms with Crippen molar-refractivity contribution in [3.8, 4) is 17.5 Å². The van der Waals surface area contributed by atoms with Gasteiger partial charge < -0.3 is 15.1 Å². The molecule has 8 heteroatoms. The van der Waals surface area contributed by atoms with Gasteiger partial charge in [-0.2, -0.15) is 5.26 Å². The summed E-state index contributed by atoms with van der Waals surface area (Å²) < 4.78 is 32.9. The van der Waals surface area contributed by atoms with E-state index in [2.05, 4.69) is 21.7 Å². The molecule has 1 aromatic heterocycles. The lowest BCUT2D eigenvalue weighted by molar-refractivity contribution is -0.116. The maximum atomic E-state index is 13.8. The predicted octanol–water partition coefficient (Wildman–Crippen LogP) is 5.08. The van der Waals surface area contributed by atoms with E-state index in [1.165, 1.54) is 19.1 Å². The van der Waals surface area contributed by atoms with E-state index in [0.29, 0.717) is 28.2 Å². The molecule has 1 amide bonds. The Kier molecular flexibility index (Phi) is 5.33. The van der Waals surface area contributed by atoms with Crippen molar-refractivity contribution in [1.82, 2.24) is 4.98 Å². The van der Waals surface area contributed by atoms with Crippen LogP contribution in [0.1, 0.15) is 12.5 Å². The van der Waals surface area contributed by atoms with Crippen molar-refractivity contribution in [2.75, 3.05) is 10.6 Å². The van der Waals surface area contributed by atoms with Gasteiger partial charge >= 0.3 is 0 Å². The third kappa shape index (κ3) is 4.21. The van der Waals surface area contributed by atoms with Crippen molar-refractivity contribution < 1.29 is 18.0 Å². The quantitative estimate of drug-likeness (QED) is 0.471. The molecule has 0 bridgehead atoms. The molecule has 0 saturated carbocycles. The average Bonchev–Trinajstić information content (AvgIpc) is 3.20. The van der Waals surface area contributed by atoms with Crippen LogP contribution in [0.3, 0.4) is 0 Å². The van der Waals surface area contributed by atoms with E-state index in [0.717, 1.165) is 11.6 Å². The zero-order chi connectivity index (χ0) is 22.0. The molecule has 0 radical (unpaired) electrons. The molecule has 0 aliphatic heterocycles. The summed E-state index contributed by atoms with van der Waals surface area (Å²) in [5.74, 6) is -2.08. The van der Waals surface area contributed by atoms with E-state index < -0.39 is 23.6 Å². The van der Waals surface area contributed by atoms with Crippen LogP contribution in [-0.2, 0) is 4.79 Å². The van der Waals surface area contributed by atoms with Crippen LogP contribution >= 0.6 is 0 Å². The van der Waals surface area contributed by atoms with Crippen molar-refractivity contribution in [2.45, 2.75) is 13.0 Å². The third-order valence-corrected chi connectivity index (χ3v) is 4.63. The fraction of sp³-hybridized carbons (Fsp3) is 0.0870. The number of anilines is 2. The number of nitrogens with zero attached hydrogens (tertiary/aromatic N) is 2. The van der Waals surface area contributed by atoms with Gasteiger partial charge in [-0.05, 0) is 61.5 Å². The summed E-state index contributed by atoms with van der Waals surface area (Å²) in [4.78, 5) is 16.9.